The van der Waals surface area contributed by atoms with Crippen molar-refractivity contribution < 1.29 is 14.3 Å². The van der Waals surface area contributed by atoms with Gasteiger partial charge in [-0.15, -0.1) is 5.16 Å². The van der Waals surface area contributed by atoms with Gasteiger partial charge in [0.25, 0.3) is 0 Å². The quantitative estimate of drug-likeness (QED) is 0.468. The van der Waals surface area contributed by atoms with E-state index in [0.29, 0.717) is 13.2 Å². The van der Waals surface area contributed by atoms with Crippen LogP contribution in [0, 0.1) is 5.82 Å². The fourth-order valence-corrected chi connectivity index (χ4v) is 1.93. The van der Waals surface area contributed by atoms with E-state index in [2.05, 4.69) is 10.5 Å². The minimum atomic E-state index is -0.261. The highest BCUT2D eigenvalue weighted by Crippen LogP contribution is 2.14. The SMILES string of the molecule is C[C@@H](C=NO)NCc1ccc(OCc2cccc(F)c2)cc1. The Morgan fingerprint density at radius 1 is 1.23 bits per heavy atom. The third kappa shape index (κ3) is 5.18. The van der Waals surface area contributed by atoms with Crippen molar-refractivity contribution in [1.82, 2.24) is 5.32 Å². The first kappa shape index (κ1) is 16.0. The van der Waals surface area contributed by atoms with Crippen molar-refractivity contribution in [2.45, 2.75) is 26.1 Å². The lowest BCUT2D eigenvalue weighted by Crippen LogP contribution is -2.26. The molecule has 0 amide bonds. The van der Waals surface area contributed by atoms with E-state index in [1.807, 2.05) is 37.3 Å². The number of nitrogens with zero attached hydrogens (tertiary/aromatic N) is 1. The number of rotatable bonds is 7. The highest BCUT2D eigenvalue weighted by atomic mass is 19.1. The van der Waals surface area contributed by atoms with Gasteiger partial charge in [-0.25, -0.2) is 4.39 Å². The molecule has 0 heterocycles. The number of hydrogen-bond donors (Lipinski definition) is 2. The maximum atomic E-state index is 13.1. The smallest absolute Gasteiger partial charge is 0.123 e. The van der Waals surface area contributed by atoms with E-state index in [1.165, 1.54) is 18.3 Å². The zero-order chi connectivity index (χ0) is 15.8. The number of ether oxygens (including phenoxy) is 1. The number of oxime groups is 1. The van der Waals surface area contributed by atoms with Crippen LogP contribution in [0.5, 0.6) is 5.75 Å². The summed E-state index contributed by atoms with van der Waals surface area (Å²) in [4.78, 5) is 0. The van der Waals surface area contributed by atoms with Crippen molar-refractivity contribution in [3.8, 4) is 5.75 Å². The zero-order valence-electron chi connectivity index (χ0n) is 12.4. The highest BCUT2D eigenvalue weighted by molar-refractivity contribution is 5.62. The Morgan fingerprint density at radius 2 is 2.00 bits per heavy atom. The maximum absolute atomic E-state index is 13.1. The lowest BCUT2D eigenvalue weighted by molar-refractivity contribution is 0.305. The van der Waals surface area contributed by atoms with Crippen LogP contribution in [0.3, 0.4) is 0 Å². The van der Waals surface area contributed by atoms with E-state index in [-0.39, 0.29) is 11.9 Å². The molecule has 5 heteroatoms. The Labute approximate surface area is 129 Å². The number of benzene rings is 2. The number of hydrogen-bond acceptors (Lipinski definition) is 4. The highest BCUT2D eigenvalue weighted by Gasteiger charge is 2.00. The van der Waals surface area contributed by atoms with Crippen LogP contribution in [0.1, 0.15) is 18.1 Å². The lowest BCUT2D eigenvalue weighted by Gasteiger charge is -2.10. The van der Waals surface area contributed by atoms with Gasteiger partial charge in [-0.05, 0) is 42.3 Å². The van der Waals surface area contributed by atoms with Gasteiger partial charge in [-0.2, -0.15) is 0 Å². The van der Waals surface area contributed by atoms with Gasteiger partial charge < -0.3 is 15.3 Å². The van der Waals surface area contributed by atoms with Crippen molar-refractivity contribution in [3.63, 3.8) is 0 Å². The molecule has 0 saturated heterocycles. The molecule has 0 aliphatic heterocycles. The summed E-state index contributed by atoms with van der Waals surface area (Å²) in [5.41, 5.74) is 1.89. The van der Waals surface area contributed by atoms with Crippen LogP contribution in [0.25, 0.3) is 0 Å². The molecule has 4 nitrogen and oxygen atoms in total. The molecule has 0 radical (unpaired) electrons. The summed E-state index contributed by atoms with van der Waals surface area (Å²) in [6.07, 6.45) is 1.43. The van der Waals surface area contributed by atoms with Crippen LogP contribution in [-0.2, 0) is 13.2 Å². The fraction of sp³-hybridized carbons (Fsp3) is 0.235. The first-order chi connectivity index (χ1) is 10.7. The maximum Gasteiger partial charge on any atom is 0.123 e. The Bertz CT molecular complexity index is 614. The summed E-state index contributed by atoms with van der Waals surface area (Å²) >= 11 is 0. The van der Waals surface area contributed by atoms with E-state index in [0.717, 1.165) is 16.9 Å². The third-order valence-corrected chi connectivity index (χ3v) is 3.14. The molecule has 0 saturated carbocycles. The molecule has 2 N–H and O–H groups in total. The van der Waals surface area contributed by atoms with E-state index < -0.39 is 0 Å². The van der Waals surface area contributed by atoms with Crippen LogP contribution >= 0.6 is 0 Å². The lowest BCUT2D eigenvalue weighted by atomic mass is 10.2. The van der Waals surface area contributed by atoms with E-state index in [4.69, 9.17) is 9.94 Å². The van der Waals surface area contributed by atoms with Crippen LogP contribution < -0.4 is 10.1 Å². The molecule has 0 aliphatic carbocycles. The second kappa shape index (κ2) is 8.14. The predicted octanol–water partition coefficient (Wildman–Crippen LogP) is 3.34. The second-order valence-corrected chi connectivity index (χ2v) is 5.00. The van der Waals surface area contributed by atoms with Crippen LogP contribution in [-0.4, -0.2) is 17.5 Å². The minimum absolute atomic E-state index is 0.00564. The average molecular weight is 302 g/mol. The Morgan fingerprint density at radius 3 is 2.68 bits per heavy atom. The molecular formula is C17H19FN2O2. The fourth-order valence-electron chi connectivity index (χ4n) is 1.93. The molecule has 116 valence electrons. The van der Waals surface area contributed by atoms with Crippen molar-refractivity contribution >= 4 is 6.21 Å². The first-order valence-corrected chi connectivity index (χ1v) is 7.04. The summed E-state index contributed by atoms with van der Waals surface area (Å²) in [6.45, 7) is 2.90. The zero-order valence-corrected chi connectivity index (χ0v) is 12.4. The summed E-state index contributed by atoms with van der Waals surface area (Å²) < 4.78 is 18.7. The Balaban J connectivity index is 1.84. The van der Waals surface area contributed by atoms with Crippen molar-refractivity contribution in [2.24, 2.45) is 5.16 Å². The minimum Gasteiger partial charge on any atom is -0.489 e. The largest absolute Gasteiger partial charge is 0.489 e. The van der Waals surface area contributed by atoms with Crippen molar-refractivity contribution in [2.75, 3.05) is 0 Å². The van der Waals surface area contributed by atoms with Gasteiger partial charge in [0.2, 0.25) is 0 Å². The van der Waals surface area contributed by atoms with Gasteiger partial charge in [0, 0.05) is 12.6 Å². The molecule has 0 unspecified atom stereocenters. The predicted molar refractivity (Wildman–Crippen MR) is 83.8 cm³/mol. The van der Waals surface area contributed by atoms with Crippen molar-refractivity contribution in [3.05, 3.63) is 65.5 Å². The number of halogens is 1. The second-order valence-electron chi connectivity index (χ2n) is 5.00. The third-order valence-electron chi connectivity index (χ3n) is 3.14. The molecule has 0 bridgehead atoms. The van der Waals surface area contributed by atoms with Gasteiger partial charge in [-0.1, -0.05) is 24.3 Å². The molecule has 0 aromatic heterocycles. The molecule has 0 spiro atoms. The van der Waals surface area contributed by atoms with Gasteiger partial charge in [0.1, 0.15) is 18.2 Å². The van der Waals surface area contributed by atoms with Crippen LogP contribution in [0.15, 0.2) is 53.7 Å². The van der Waals surface area contributed by atoms with Crippen molar-refractivity contribution in [1.29, 1.82) is 0 Å². The van der Waals surface area contributed by atoms with Gasteiger partial charge in [-0.3, -0.25) is 0 Å². The summed E-state index contributed by atoms with van der Waals surface area (Å²) in [7, 11) is 0. The van der Waals surface area contributed by atoms with Gasteiger partial charge >= 0.3 is 0 Å². The average Bonchev–Trinajstić information content (AvgIpc) is 2.52. The summed E-state index contributed by atoms with van der Waals surface area (Å²) in [6, 6.07) is 14.0. The molecule has 0 fully saturated rings. The first-order valence-electron chi connectivity index (χ1n) is 7.04. The molecular weight excluding hydrogens is 283 g/mol. The number of nitrogens with one attached hydrogen (secondary N) is 1. The molecule has 2 aromatic carbocycles. The molecule has 1 atom stereocenters. The monoisotopic (exact) mass is 302 g/mol. The van der Waals surface area contributed by atoms with E-state index in [9.17, 15) is 4.39 Å². The Hall–Kier alpha value is -2.40. The van der Waals surface area contributed by atoms with Gasteiger partial charge in [0.05, 0.1) is 6.21 Å². The van der Waals surface area contributed by atoms with Gasteiger partial charge in [0.15, 0.2) is 0 Å². The van der Waals surface area contributed by atoms with Crippen LogP contribution in [0.4, 0.5) is 4.39 Å². The molecule has 2 rings (SSSR count). The van der Waals surface area contributed by atoms with E-state index >= 15 is 0 Å². The molecule has 22 heavy (non-hydrogen) atoms. The Kier molecular flexibility index (Phi) is 5.91. The normalized spacial score (nSPS) is 12.5. The summed E-state index contributed by atoms with van der Waals surface area (Å²) in [5, 5.41) is 14.6. The standard InChI is InChI=1S/C17H19FN2O2/c1-13(10-20-21)19-11-14-5-7-17(8-6-14)22-12-15-3-2-4-16(18)9-15/h2-10,13,19,21H,11-12H2,1H3/t13-/m0/s1. The van der Waals surface area contributed by atoms with Crippen LogP contribution in [0.2, 0.25) is 0 Å². The van der Waals surface area contributed by atoms with E-state index in [1.54, 1.807) is 6.07 Å². The molecule has 2 aromatic rings. The summed E-state index contributed by atoms with van der Waals surface area (Å²) in [5.74, 6) is 0.473. The topological polar surface area (TPSA) is 53.9 Å². The molecule has 0 aliphatic rings.